The maximum Gasteiger partial charge on any atom is 0.157 e. The number of hydrogen-bond donors (Lipinski definition) is 2. The van der Waals surface area contributed by atoms with Crippen molar-refractivity contribution in [3.05, 3.63) is 66.5 Å². The van der Waals surface area contributed by atoms with Crippen LogP contribution >= 0.6 is 0 Å². The molecule has 1 aromatic heterocycles. The van der Waals surface area contributed by atoms with Crippen LogP contribution in [0, 0.1) is 0 Å². The second-order valence-corrected chi connectivity index (χ2v) is 7.41. The molecule has 4 rings (SSSR count). The van der Waals surface area contributed by atoms with Crippen molar-refractivity contribution in [1.82, 2.24) is 9.97 Å². The molecule has 1 unspecified atom stereocenters. The summed E-state index contributed by atoms with van der Waals surface area (Å²) in [6.45, 7) is 5.60. The van der Waals surface area contributed by atoms with Crippen LogP contribution in [0.15, 0.2) is 60.9 Å². The lowest BCUT2D eigenvalue weighted by molar-refractivity contribution is 0.415. The second kappa shape index (κ2) is 8.90. The first-order valence-corrected chi connectivity index (χ1v) is 10.2. The molecular formula is C23H28N6O. The molecule has 156 valence electrons. The van der Waals surface area contributed by atoms with Gasteiger partial charge in [0.2, 0.25) is 0 Å². The van der Waals surface area contributed by atoms with Crippen molar-refractivity contribution in [1.29, 1.82) is 0 Å². The summed E-state index contributed by atoms with van der Waals surface area (Å²) in [6, 6.07) is 18.5. The molecule has 2 heterocycles. The average Bonchev–Trinajstić information content (AvgIpc) is 2.81. The van der Waals surface area contributed by atoms with E-state index < -0.39 is 0 Å². The molecule has 3 N–H and O–H groups in total. The minimum atomic E-state index is 0.100. The van der Waals surface area contributed by atoms with Crippen LogP contribution in [0.2, 0.25) is 0 Å². The Morgan fingerprint density at radius 3 is 2.27 bits per heavy atom. The molecule has 7 heteroatoms. The van der Waals surface area contributed by atoms with E-state index in [-0.39, 0.29) is 6.04 Å². The van der Waals surface area contributed by atoms with Gasteiger partial charge in [-0.2, -0.15) is 0 Å². The van der Waals surface area contributed by atoms with Gasteiger partial charge in [-0.05, 0) is 36.8 Å². The molecule has 7 nitrogen and oxygen atoms in total. The number of benzene rings is 2. The topological polar surface area (TPSA) is 79.5 Å². The molecule has 3 aromatic rings. The van der Waals surface area contributed by atoms with Crippen LogP contribution in [-0.4, -0.2) is 43.3 Å². The fourth-order valence-corrected chi connectivity index (χ4v) is 3.75. The van der Waals surface area contributed by atoms with E-state index in [0.717, 1.165) is 37.7 Å². The Hall–Kier alpha value is -3.48. The molecule has 1 fully saturated rings. The summed E-state index contributed by atoms with van der Waals surface area (Å²) in [5, 5.41) is 3.43. The minimum Gasteiger partial charge on any atom is -0.497 e. The predicted molar refractivity (Wildman–Crippen MR) is 122 cm³/mol. The minimum absolute atomic E-state index is 0.100. The van der Waals surface area contributed by atoms with E-state index in [1.165, 1.54) is 11.3 Å². The monoisotopic (exact) mass is 404 g/mol. The third-order valence-electron chi connectivity index (χ3n) is 5.53. The van der Waals surface area contributed by atoms with Crippen molar-refractivity contribution in [3.8, 4) is 5.75 Å². The fraction of sp³-hybridized carbons (Fsp3) is 0.304. The average molecular weight is 405 g/mol. The maximum absolute atomic E-state index is 6.46. The Bertz CT molecular complexity index is 955. The van der Waals surface area contributed by atoms with Crippen molar-refractivity contribution < 1.29 is 4.74 Å². The Balaban J connectivity index is 1.43. The summed E-state index contributed by atoms with van der Waals surface area (Å²) in [4.78, 5) is 13.5. The van der Waals surface area contributed by atoms with Crippen molar-refractivity contribution in [3.63, 3.8) is 0 Å². The molecule has 1 atom stereocenters. The number of rotatable bonds is 6. The van der Waals surface area contributed by atoms with Gasteiger partial charge in [0.05, 0.1) is 13.2 Å². The number of nitrogens with zero attached hydrogens (tertiary/aromatic N) is 4. The first-order valence-electron chi connectivity index (χ1n) is 10.2. The third-order valence-corrected chi connectivity index (χ3v) is 5.53. The molecule has 1 aliphatic heterocycles. The van der Waals surface area contributed by atoms with E-state index in [9.17, 15) is 0 Å². The SMILES string of the molecule is COc1ccc(N2CCN(c3ncnc(NC(C)c4ccccc4)c3N)CC2)cc1. The Labute approximate surface area is 177 Å². The van der Waals surface area contributed by atoms with Gasteiger partial charge < -0.3 is 25.6 Å². The third kappa shape index (κ3) is 4.25. The van der Waals surface area contributed by atoms with Crippen molar-refractivity contribution in [2.75, 3.05) is 54.1 Å². The highest BCUT2D eigenvalue weighted by atomic mass is 16.5. The number of hydrogen-bond acceptors (Lipinski definition) is 7. The summed E-state index contributed by atoms with van der Waals surface area (Å²) >= 11 is 0. The van der Waals surface area contributed by atoms with Gasteiger partial charge in [-0.3, -0.25) is 0 Å². The van der Waals surface area contributed by atoms with Gasteiger partial charge >= 0.3 is 0 Å². The summed E-state index contributed by atoms with van der Waals surface area (Å²) in [7, 11) is 1.68. The molecule has 30 heavy (non-hydrogen) atoms. The molecule has 0 aliphatic carbocycles. The van der Waals surface area contributed by atoms with E-state index in [4.69, 9.17) is 10.5 Å². The maximum atomic E-state index is 6.46. The highest BCUT2D eigenvalue weighted by Gasteiger charge is 2.22. The number of nitrogens with two attached hydrogens (primary N) is 1. The van der Waals surface area contributed by atoms with Gasteiger partial charge in [0, 0.05) is 31.9 Å². The second-order valence-electron chi connectivity index (χ2n) is 7.41. The van der Waals surface area contributed by atoms with Gasteiger partial charge in [-0.25, -0.2) is 9.97 Å². The van der Waals surface area contributed by atoms with E-state index >= 15 is 0 Å². The zero-order chi connectivity index (χ0) is 20.9. The van der Waals surface area contributed by atoms with Crippen molar-refractivity contribution in [2.45, 2.75) is 13.0 Å². The molecule has 1 saturated heterocycles. The van der Waals surface area contributed by atoms with Crippen LogP contribution in [0.5, 0.6) is 5.75 Å². The van der Waals surface area contributed by atoms with Crippen LogP contribution in [-0.2, 0) is 0 Å². The number of methoxy groups -OCH3 is 1. The predicted octanol–water partition coefficient (Wildman–Crippen LogP) is 3.57. The van der Waals surface area contributed by atoms with Gasteiger partial charge in [0.15, 0.2) is 11.6 Å². The summed E-state index contributed by atoms with van der Waals surface area (Å²) in [5.41, 5.74) is 9.44. The zero-order valence-corrected chi connectivity index (χ0v) is 17.5. The van der Waals surface area contributed by atoms with Gasteiger partial charge in [-0.15, -0.1) is 0 Å². The summed E-state index contributed by atoms with van der Waals surface area (Å²) in [6.07, 6.45) is 1.58. The van der Waals surface area contributed by atoms with E-state index in [1.54, 1.807) is 13.4 Å². The van der Waals surface area contributed by atoms with Crippen LogP contribution < -0.4 is 25.6 Å². The molecular weight excluding hydrogens is 376 g/mol. The normalized spacial score (nSPS) is 15.0. The Morgan fingerprint density at radius 2 is 1.60 bits per heavy atom. The van der Waals surface area contributed by atoms with Crippen LogP contribution in [0.25, 0.3) is 0 Å². The van der Waals surface area contributed by atoms with Crippen LogP contribution in [0.1, 0.15) is 18.5 Å². The largest absolute Gasteiger partial charge is 0.497 e. The number of aromatic nitrogens is 2. The van der Waals surface area contributed by atoms with Crippen LogP contribution in [0.4, 0.5) is 23.0 Å². The van der Waals surface area contributed by atoms with Crippen molar-refractivity contribution in [2.24, 2.45) is 0 Å². The Kier molecular flexibility index (Phi) is 5.88. The van der Waals surface area contributed by atoms with E-state index in [0.29, 0.717) is 11.5 Å². The lowest BCUT2D eigenvalue weighted by atomic mass is 10.1. The smallest absolute Gasteiger partial charge is 0.157 e. The molecule has 0 amide bonds. The highest BCUT2D eigenvalue weighted by Crippen LogP contribution is 2.30. The summed E-state index contributed by atoms with van der Waals surface area (Å²) in [5.74, 6) is 2.34. The van der Waals surface area contributed by atoms with Gasteiger partial charge in [0.25, 0.3) is 0 Å². The number of ether oxygens (including phenoxy) is 1. The highest BCUT2D eigenvalue weighted by molar-refractivity contribution is 5.75. The first kappa shape index (κ1) is 19.8. The number of piperazine rings is 1. The standard InChI is InChI=1S/C23H28N6O/c1-17(18-6-4-3-5-7-18)27-22-21(24)23(26-16-25-22)29-14-12-28(13-15-29)19-8-10-20(30-2)11-9-19/h3-11,16-17H,12-15,24H2,1-2H3,(H,25,26,27). The van der Waals surface area contributed by atoms with Gasteiger partial charge in [-0.1, -0.05) is 30.3 Å². The molecule has 0 radical (unpaired) electrons. The fourth-order valence-electron chi connectivity index (χ4n) is 3.75. The first-order chi connectivity index (χ1) is 14.7. The van der Waals surface area contributed by atoms with E-state index in [2.05, 4.69) is 56.3 Å². The zero-order valence-electron chi connectivity index (χ0n) is 17.5. The number of nitrogens with one attached hydrogen (secondary N) is 1. The molecule has 0 spiro atoms. The summed E-state index contributed by atoms with van der Waals surface area (Å²) < 4.78 is 5.25. The molecule has 2 aromatic carbocycles. The number of anilines is 4. The molecule has 0 bridgehead atoms. The molecule has 1 aliphatic rings. The quantitative estimate of drug-likeness (QED) is 0.650. The van der Waals surface area contributed by atoms with Crippen molar-refractivity contribution >= 4 is 23.0 Å². The Morgan fingerprint density at radius 1 is 0.933 bits per heavy atom. The number of nitrogen functional groups attached to an aromatic ring is 1. The van der Waals surface area contributed by atoms with Crippen LogP contribution in [0.3, 0.4) is 0 Å². The van der Waals surface area contributed by atoms with E-state index in [1.807, 2.05) is 30.3 Å². The van der Waals surface area contributed by atoms with Gasteiger partial charge in [0.1, 0.15) is 17.8 Å². The lowest BCUT2D eigenvalue weighted by Gasteiger charge is -2.37. The lowest BCUT2D eigenvalue weighted by Crippen LogP contribution is -2.47. The molecule has 0 saturated carbocycles.